The van der Waals surface area contributed by atoms with Crippen LogP contribution in [-0.2, 0) is 4.79 Å². The predicted molar refractivity (Wildman–Crippen MR) is 71.5 cm³/mol. The van der Waals surface area contributed by atoms with Crippen LogP contribution >= 0.6 is 0 Å². The molecule has 2 rings (SSSR count). The Balaban J connectivity index is 2.06. The number of amides is 1. The molecule has 5 nitrogen and oxygen atoms in total. The molecule has 1 atom stereocenters. The molecule has 2 N–H and O–H groups in total. The van der Waals surface area contributed by atoms with Gasteiger partial charge in [-0.1, -0.05) is 6.92 Å². The second-order valence-electron chi connectivity index (χ2n) is 5.32. The molecule has 2 heterocycles. The summed E-state index contributed by atoms with van der Waals surface area (Å²) in [6, 6.07) is 0.309. The lowest BCUT2D eigenvalue weighted by atomic mass is 9.83. The van der Waals surface area contributed by atoms with Crippen LogP contribution in [0.3, 0.4) is 0 Å². The molecule has 1 aromatic rings. The lowest BCUT2D eigenvalue weighted by Gasteiger charge is -2.24. The van der Waals surface area contributed by atoms with E-state index in [2.05, 4.69) is 36.5 Å². The molecule has 0 radical (unpaired) electrons. The van der Waals surface area contributed by atoms with Crippen LogP contribution in [0.2, 0.25) is 0 Å². The fourth-order valence-corrected chi connectivity index (χ4v) is 2.35. The van der Waals surface area contributed by atoms with E-state index in [1.165, 1.54) is 0 Å². The maximum absolute atomic E-state index is 12.4. The Hall–Kier alpha value is -1.36. The summed E-state index contributed by atoms with van der Waals surface area (Å²) < 4.78 is 1.85. The number of aromatic nitrogens is 2. The Morgan fingerprint density at radius 2 is 2.44 bits per heavy atom. The van der Waals surface area contributed by atoms with Gasteiger partial charge in [0.25, 0.3) is 0 Å². The van der Waals surface area contributed by atoms with Gasteiger partial charge in [0.2, 0.25) is 5.91 Å². The zero-order chi connectivity index (χ0) is 13.2. The fraction of sp³-hybridized carbons (Fsp3) is 0.692. The van der Waals surface area contributed by atoms with Crippen LogP contribution in [0.15, 0.2) is 12.4 Å². The normalized spacial score (nSPS) is 23.6. The molecule has 1 unspecified atom stereocenters. The minimum Gasteiger partial charge on any atom is -0.323 e. The molecule has 5 heteroatoms. The van der Waals surface area contributed by atoms with Gasteiger partial charge in [-0.15, -0.1) is 0 Å². The van der Waals surface area contributed by atoms with E-state index in [1.54, 1.807) is 6.20 Å². The van der Waals surface area contributed by atoms with E-state index in [0.717, 1.165) is 31.6 Å². The molecule has 0 aliphatic carbocycles. The Bertz CT molecular complexity index is 418. The van der Waals surface area contributed by atoms with Gasteiger partial charge in [-0.3, -0.25) is 9.48 Å². The first-order valence-electron chi connectivity index (χ1n) is 6.64. The molecule has 0 saturated carbocycles. The van der Waals surface area contributed by atoms with E-state index >= 15 is 0 Å². The third kappa shape index (κ3) is 2.41. The molecule has 1 fully saturated rings. The van der Waals surface area contributed by atoms with Crippen molar-refractivity contribution in [3.05, 3.63) is 12.4 Å². The van der Waals surface area contributed by atoms with Gasteiger partial charge in [-0.2, -0.15) is 5.10 Å². The van der Waals surface area contributed by atoms with Crippen molar-refractivity contribution in [2.24, 2.45) is 5.41 Å². The van der Waals surface area contributed by atoms with E-state index in [0.29, 0.717) is 6.04 Å². The average molecular weight is 250 g/mol. The molecule has 1 aliphatic rings. The van der Waals surface area contributed by atoms with Crippen molar-refractivity contribution < 1.29 is 4.79 Å². The van der Waals surface area contributed by atoms with Gasteiger partial charge < -0.3 is 10.6 Å². The zero-order valence-electron chi connectivity index (χ0n) is 11.4. The van der Waals surface area contributed by atoms with Crippen LogP contribution < -0.4 is 10.6 Å². The monoisotopic (exact) mass is 250 g/mol. The van der Waals surface area contributed by atoms with Crippen molar-refractivity contribution in [3.63, 3.8) is 0 Å². The maximum Gasteiger partial charge on any atom is 0.232 e. The van der Waals surface area contributed by atoms with Gasteiger partial charge in [0.15, 0.2) is 0 Å². The van der Waals surface area contributed by atoms with Crippen molar-refractivity contribution in [1.82, 2.24) is 15.1 Å². The number of carbonyl (C=O) groups is 1. The van der Waals surface area contributed by atoms with Gasteiger partial charge in [0.05, 0.1) is 17.3 Å². The number of rotatable bonds is 4. The van der Waals surface area contributed by atoms with Crippen LogP contribution in [0.25, 0.3) is 0 Å². The van der Waals surface area contributed by atoms with Crippen LogP contribution in [0.4, 0.5) is 5.69 Å². The van der Waals surface area contributed by atoms with Crippen LogP contribution in [-0.4, -0.2) is 28.8 Å². The van der Waals surface area contributed by atoms with E-state index < -0.39 is 0 Å². The van der Waals surface area contributed by atoms with Gasteiger partial charge in [-0.05, 0) is 33.2 Å². The lowest BCUT2D eigenvalue weighted by Crippen LogP contribution is -2.37. The fourth-order valence-electron chi connectivity index (χ4n) is 2.35. The van der Waals surface area contributed by atoms with Gasteiger partial charge >= 0.3 is 0 Å². The summed E-state index contributed by atoms with van der Waals surface area (Å²) in [4.78, 5) is 12.4. The summed E-state index contributed by atoms with van der Waals surface area (Å²) in [7, 11) is 0. The number of nitrogens with one attached hydrogen (secondary N) is 2. The molecule has 18 heavy (non-hydrogen) atoms. The molecule has 1 aromatic heterocycles. The predicted octanol–water partition coefficient (Wildman–Crippen LogP) is 1.79. The quantitative estimate of drug-likeness (QED) is 0.856. The second-order valence-corrected chi connectivity index (χ2v) is 5.32. The summed E-state index contributed by atoms with van der Waals surface area (Å²) in [5.41, 5.74) is 0.536. The standard InChI is InChI=1S/C13H22N4O/c1-4-13(5-6-14-9-13)12(18)16-11-7-15-17(8-11)10(2)3/h7-8,10,14H,4-6,9H2,1-3H3,(H,16,18). The highest BCUT2D eigenvalue weighted by Gasteiger charge is 2.39. The van der Waals surface area contributed by atoms with E-state index in [4.69, 9.17) is 0 Å². The number of hydrogen-bond acceptors (Lipinski definition) is 3. The topological polar surface area (TPSA) is 59.0 Å². The molecule has 0 bridgehead atoms. The second kappa shape index (κ2) is 5.10. The molecule has 1 amide bonds. The Morgan fingerprint density at radius 3 is 2.94 bits per heavy atom. The van der Waals surface area contributed by atoms with Gasteiger partial charge in [0, 0.05) is 18.8 Å². The van der Waals surface area contributed by atoms with Crippen molar-refractivity contribution in [2.75, 3.05) is 18.4 Å². The minimum atomic E-state index is -0.250. The number of nitrogens with zero attached hydrogens (tertiary/aromatic N) is 2. The summed E-state index contributed by atoms with van der Waals surface area (Å²) in [5.74, 6) is 0.110. The van der Waals surface area contributed by atoms with E-state index in [1.807, 2.05) is 10.9 Å². The van der Waals surface area contributed by atoms with Gasteiger partial charge in [-0.25, -0.2) is 0 Å². The van der Waals surface area contributed by atoms with Gasteiger partial charge in [0.1, 0.15) is 0 Å². The molecule has 100 valence electrons. The third-order valence-electron chi connectivity index (χ3n) is 3.79. The lowest BCUT2D eigenvalue weighted by molar-refractivity contribution is -0.124. The highest BCUT2D eigenvalue weighted by atomic mass is 16.2. The highest BCUT2D eigenvalue weighted by Crippen LogP contribution is 2.30. The summed E-state index contributed by atoms with van der Waals surface area (Å²) in [6.07, 6.45) is 5.37. The zero-order valence-corrected chi connectivity index (χ0v) is 11.4. The van der Waals surface area contributed by atoms with Crippen LogP contribution in [0.5, 0.6) is 0 Å². The van der Waals surface area contributed by atoms with Crippen LogP contribution in [0.1, 0.15) is 39.7 Å². The van der Waals surface area contributed by atoms with Crippen molar-refractivity contribution in [3.8, 4) is 0 Å². The first-order valence-corrected chi connectivity index (χ1v) is 6.64. The largest absolute Gasteiger partial charge is 0.323 e. The van der Waals surface area contributed by atoms with Crippen molar-refractivity contribution in [1.29, 1.82) is 0 Å². The summed E-state index contributed by atoms with van der Waals surface area (Å²) in [6.45, 7) is 7.89. The van der Waals surface area contributed by atoms with Crippen molar-refractivity contribution in [2.45, 2.75) is 39.7 Å². The van der Waals surface area contributed by atoms with Crippen molar-refractivity contribution >= 4 is 11.6 Å². The molecular formula is C13H22N4O. The molecule has 0 spiro atoms. The first kappa shape index (κ1) is 13.1. The molecule has 1 aliphatic heterocycles. The van der Waals surface area contributed by atoms with E-state index in [9.17, 15) is 4.79 Å². The average Bonchev–Trinajstić information content (AvgIpc) is 2.97. The summed E-state index contributed by atoms with van der Waals surface area (Å²) >= 11 is 0. The molecular weight excluding hydrogens is 228 g/mol. The Labute approximate surface area is 108 Å². The Morgan fingerprint density at radius 1 is 1.67 bits per heavy atom. The summed E-state index contributed by atoms with van der Waals surface area (Å²) in [5, 5.41) is 10.5. The van der Waals surface area contributed by atoms with Crippen LogP contribution in [0, 0.1) is 5.41 Å². The first-order chi connectivity index (χ1) is 8.57. The minimum absolute atomic E-state index is 0.110. The SMILES string of the molecule is CCC1(C(=O)Nc2cnn(C(C)C)c2)CCNC1. The molecule has 1 saturated heterocycles. The maximum atomic E-state index is 12.4. The number of carbonyl (C=O) groups excluding carboxylic acids is 1. The van der Waals surface area contributed by atoms with E-state index in [-0.39, 0.29) is 11.3 Å². The Kier molecular flexibility index (Phi) is 3.71. The third-order valence-corrected chi connectivity index (χ3v) is 3.79. The number of hydrogen-bond donors (Lipinski definition) is 2. The smallest absolute Gasteiger partial charge is 0.232 e. The molecule has 0 aromatic carbocycles. The number of anilines is 1. The highest BCUT2D eigenvalue weighted by molar-refractivity contribution is 5.95.